The van der Waals surface area contributed by atoms with Crippen LogP contribution in [0.2, 0.25) is 0 Å². The maximum atomic E-state index is 11.1. The van der Waals surface area contributed by atoms with Gasteiger partial charge in [-0.15, -0.1) is 11.3 Å². The molecule has 1 unspecified atom stereocenters. The minimum atomic E-state index is -0.154. The van der Waals surface area contributed by atoms with Gasteiger partial charge < -0.3 is 15.4 Å². The zero-order valence-electron chi connectivity index (χ0n) is 14.6. The molecule has 1 aromatic heterocycles. The van der Waals surface area contributed by atoms with Crippen LogP contribution in [0.4, 0.5) is 0 Å². The van der Waals surface area contributed by atoms with Gasteiger partial charge in [0.25, 0.3) is 0 Å². The maximum absolute atomic E-state index is 11.1. The molecule has 0 aromatic carbocycles. The Morgan fingerprint density at radius 1 is 1.39 bits per heavy atom. The number of ether oxygens (including phenoxy) is 1. The number of aryl methyl sites for hydroxylation is 1. The van der Waals surface area contributed by atoms with Crippen LogP contribution in [0.3, 0.4) is 0 Å². The smallest absolute Gasteiger partial charge is 0.305 e. The zero-order valence-corrected chi connectivity index (χ0v) is 15.5. The Balaban J connectivity index is 2.37. The predicted octanol–water partition coefficient (Wildman–Crippen LogP) is 2.89. The molecular weight excluding hydrogens is 310 g/mol. The quantitative estimate of drug-likeness (QED) is 0.314. The van der Waals surface area contributed by atoms with Crippen LogP contribution in [-0.4, -0.2) is 38.2 Å². The predicted molar refractivity (Wildman–Crippen MR) is 97.2 cm³/mol. The molecule has 1 aromatic rings. The van der Waals surface area contributed by atoms with E-state index in [4.69, 9.17) is 0 Å². The van der Waals surface area contributed by atoms with E-state index in [1.54, 1.807) is 0 Å². The number of unbranched alkanes of at least 4 members (excludes halogenated alkanes) is 1. The lowest BCUT2D eigenvalue weighted by molar-refractivity contribution is -0.140. The molecule has 23 heavy (non-hydrogen) atoms. The van der Waals surface area contributed by atoms with E-state index in [1.807, 2.05) is 11.3 Å². The number of methoxy groups -OCH3 is 1. The highest BCUT2D eigenvalue weighted by molar-refractivity contribution is 7.11. The fourth-order valence-electron chi connectivity index (χ4n) is 2.18. The molecule has 0 aliphatic heterocycles. The van der Waals surface area contributed by atoms with Crippen molar-refractivity contribution < 1.29 is 9.53 Å². The van der Waals surface area contributed by atoms with Gasteiger partial charge in [-0.1, -0.05) is 0 Å². The first-order chi connectivity index (χ1) is 11.0. The summed E-state index contributed by atoms with van der Waals surface area (Å²) in [6.45, 7) is 7.89. The number of hydrogen-bond donors (Lipinski definition) is 2. The summed E-state index contributed by atoms with van der Waals surface area (Å²) in [4.78, 5) is 18.4. The Morgan fingerprint density at radius 2 is 2.17 bits per heavy atom. The first-order valence-corrected chi connectivity index (χ1v) is 9.03. The van der Waals surface area contributed by atoms with Gasteiger partial charge in [0, 0.05) is 41.7 Å². The summed E-state index contributed by atoms with van der Waals surface area (Å²) in [7, 11) is 1.42. The fourth-order valence-corrected chi connectivity index (χ4v) is 3.19. The zero-order chi connectivity index (χ0) is 17.1. The fraction of sp³-hybridized carbons (Fsp3) is 0.647. The summed E-state index contributed by atoms with van der Waals surface area (Å²) in [5, 5.41) is 6.71. The molecule has 0 bridgehead atoms. The second kappa shape index (κ2) is 11.0. The largest absolute Gasteiger partial charge is 0.469 e. The molecule has 1 atom stereocenters. The molecule has 0 aliphatic carbocycles. The topological polar surface area (TPSA) is 62.7 Å². The van der Waals surface area contributed by atoms with Gasteiger partial charge in [0.05, 0.1) is 7.11 Å². The number of hydrogen-bond acceptors (Lipinski definition) is 4. The van der Waals surface area contributed by atoms with E-state index in [-0.39, 0.29) is 5.97 Å². The van der Waals surface area contributed by atoms with E-state index in [0.717, 1.165) is 31.8 Å². The van der Waals surface area contributed by atoms with Crippen molar-refractivity contribution in [2.45, 2.75) is 52.5 Å². The van der Waals surface area contributed by atoms with Crippen molar-refractivity contribution in [2.75, 3.05) is 20.2 Å². The Labute approximate surface area is 143 Å². The van der Waals surface area contributed by atoms with Gasteiger partial charge in [0.2, 0.25) is 0 Å². The molecular formula is C17H29N3O2S. The number of nitrogens with one attached hydrogen (secondary N) is 2. The van der Waals surface area contributed by atoms with Gasteiger partial charge in [-0.2, -0.15) is 0 Å². The first kappa shape index (κ1) is 19.5. The van der Waals surface area contributed by atoms with Gasteiger partial charge >= 0.3 is 5.97 Å². The molecule has 6 heteroatoms. The van der Waals surface area contributed by atoms with Gasteiger partial charge in [-0.25, -0.2) is 0 Å². The third-order valence-corrected chi connectivity index (χ3v) is 4.34. The number of guanidine groups is 1. The lowest BCUT2D eigenvalue weighted by atomic mass is 10.2. The molecule has 0 fully saturated rings. The van der Waals surface area contributed by atoms with E-state index in [9.17, 15) is 4.79 Å². The van der Waals surface area contributed by atoms with E-state index in [2.05, 4.69) is 53.3 Å². The molecule has 0 aliphatic rings. The number of thiophene rings is 1. The summed E-state index contributed by atoms with van der Waals surface area (Å²) >= 11 is 1.84. The van der Waals surface area contributed by atoms with Crippen molar-refractivity contribution in [3.8, 4) is 0 Å². The van der Waals surface area contributed by atoms with Crippen LogP contribution in [-0.2, 0) is 16.0 Å². The SMILES string of the molecule is CCNC(=NCCCCC(=O)OC)NC(C)Cc1ccc(C)s1. The standard InChI is InChI=1S/C17H29N3O2S/c1-5-18-17(19-11-7-6-8-16(21)22-4)20-13(2)12-15-10-9-14(3)23-15/h9-10,13H,5-8,11-12H2,1-4H3,(H2,18,19,20). The van der Waals surface area contributed by atoms with Crippen molar-refractivity contribution >= 4 is 23.3 Å². The average molecular weight is 340 g/mol. The van der Waals surface area contributed by atoms with Gasteiger partial charge in [-0.3, -0.25) is 9.79 Å². The summed E-state index contributed by atoms with van der Waals surface area (Å²) in [6.07, 6.45) is 3.14. The van der Waals surface area contributed by atoms with Crippen molar-refractivity contribution in [1.29, 1.82) is 0 Å². The monoisotopic (exact) mass is 339 g/mol. The number of carbonyl (C=O) groups excluding carboxylic acids is 1. The Morgan fingerprint density at radius 3 is 2.78 bits per heavy atom. The molecule has 1 heterocycles. The first-order valence-electron chi connectivity index (χ1n) is 8.22. The van der Waals surface area contributed by atoms with E-state index in [1.165, 1.54) is 16.9 Å². The number of esters is 1. The molecule has 0 saturated carbocycles. The second-order valence-corrected chi connectivity index (χ2v) is 6.93. The lowest BCUT2D eigenvalue weighted by Gasteiger charge is -2.17. The van der Waals surface area contributed by atoms with Crippen LogP contribution in [0.15, 0.2) is 17.1 Å². The second-order valence-electron chi connectivity index (χ2n) is 5.56. The molecule has 130 valence electrons. The number of nitrogens with zero attached hydrogens (tertiary/aromatic N) is 1. The van der Waals surface area contributed by atoms with E-state index >= 15 is 0 Å². The molecule has 1 rings (SSSR count). The van der Waals surface area contributed by atoms with Crippen LogP contribution < -0.4 is 10.6 Å². The van der Waals surface area contributed by atoms with E-state index in [0.29, 0.717) is 19.0 Å². The molecule has 0 saturated heterocycles. The minimum Gasteiger partial charge on any atom is -0.469 e. The number of aliphatic imine (C=N–C) groups is 1. The van der Waals surface area contributed by atoms with Crippen LogP contribution in [0.25, 0.3) is 0 Å². The molecule has 0 spiro atoms. The summed E-state index contributed by atoms with van der Waals surface area (Å²) < 4.78 is 4.63. The Bertz CT molecular complexity index is 500. The lowest BCUT2D eigenvalue weighted by Crippen LogP contribution is -2.43. The van der Waals surface area contributed by atoms with Crippen molar-refractivity contribution in [3.05, 3.63) is 21.9 Å². The van der Waals surface area contributed by atoms with Gasteiger partial charge in [0.1, 0.15) is 0 Å². The van der Waals surface area contributed by atoms with Crippen LogP contribution in [0.5, 0.6) is 0 Å². The molecule has 5 nitrogen and oxygen atoms in total. The Kier molecular flexibility index (Phi) is 9.36. The van der Waals surface area contributed by atoms with Crippen LogP contribution >= 0.6 is 11.3 Å². The minimum absolute atomic E-state index is 0.154. The molecule has 2 N–H and O–H groups in total. The summed E-state index contributed by atoms with van der Waals surface area (Å²) in [5.41, 5.74) is 0. The van der Waals surface area contributed by atoms with Gasteiger partial charge in [0.15, 0.2) is 5.96 Å². The summed E-state index contributed by atoms with van der Waals surface area (Å²) in [6, 6.07) is 4.67. The molecule has 0 amide bonds. The highest BCUT2D eigenvalue weighted by Gasteiger charge is 2.07. The Hall–Kier alpha value is -1.56. The normalized spacial score (nSPS) is 12.8. The molecule has 0 radical (unpaired) electrons. The number of rotatable bonds is 9. The average Bonchev–Trinajstić information content (AvgIpc) is 2.91. The van der Waals surface area contributed by atoms with Gasteiger partial charge in [-0.05, 0) is 45.7 Å². The number of carbonyl (C=O) groups is 1. The van der Waals surface area contributed by atoms with Crippen molar-refractivity contribution in [3.63, 3.8) is 0 Å². The summed E-state index contributed by atoms with van der Waals surface area (Å²) in [5.74, 6) is 0.685. The maximum Gasteiger partial charge on any atom is 0.305 e. The van der Waals surface area contributed by atoms with Crippen molar-refractivity contribution in [2.24, 2.45) is 4.99 Å². The highest BCUT2D eigenvalue weighted by Crippen LogP contribution is 2.16. The third kappa shape index (κ3) is 8.59. The highest BCUT2D eigenvalue weighted by atomic mass is 32.1. The van der Waals surface area contributed by atoms with E-state index < -0.39 is 0 Å². The van der Waals surface area contributed by atoms with Crippen LogP contribution in [0.1, 0.15) is 42.9 Å². The van der Waals surface area contributed by atoms with Crippen molar-refractivity contribution in [1.82, 2.24) is 10.6 Å². The van der Waals surface area contributed by atoms with Crippen LogP contribution in [0, 0.1) is 6.92 Å². The third-order valence-electron chi connectivity index (χ3n) is 3.32.